The zero-order chi connectivity index (χ0) is 21.3. The van der Waals surface area contributed by atoms with Crippen molar-refractivity contribution in [3.8, 4) is 5.75 Å². The number of methoxy groups -OCH3 is 1. The molecule has 1 unspecified atom stereocenters. The maximum absolute atomic E-state index is 12.9. The standard InChI is InChI=1S/C21H28ClN3O4/c1-21(2,3)25-13-14(11-18(25)26)19(27)23-7-9-24(10-8-23)20(28)16-12-15(22)5-6-17(16)29-4/h5-6,12,14H,7-11,13H2,1-4H3. The van der Waals surface area contributed by atoms with Crippen LogP contribution in [0.25, 0.3) is 0 Å². The lowest BCUT2D eigenvalue weighted by atomic mass is 10.1. The van der Waals surface area contributed by atoms with Crippen LogP contribution in [-0.2, 0) is 9.59 Å². The summed E-state index contributed by atoms with van der Waals surface area (Å²) >= 11 is 6.04. The molecule has 0 aliphatic carbocycles. The molecular formula is C21H28ClN3O4. The van der Waals surface area contributed by atoms with Gasteiger partial charge in [-0.05, 0) is 39.0 Å². The topological polar surface area (TPSA) is 70.2 Å². The van der Waals surface area contributed by atoms with Crippen LogP contribution in [0.5, 0.6) is 5.75 Å². The van der Waals surface area contributed by atoms with Gasteiger partial charge in [-0.15, -0.1) is 0 Å². The highest BCUT2D eigenvalue weighted by Gasteiger charge is 2.41. The number of benzene rings is 1. The zero-order valence-corrected chi connectivity index (χ0v) is 18.2. The number of ether oxygens (including phenoxy) is 1. The molecule has 0 spiro atoms. The third-order valence-corrected chi connectivity index (χ3v) is 5.79. The lowest BCUT2D eigenvalue weighted by molar-refractivity contribution is -0.137. The molecule has 2 heterocycles. The van der Waals surface area contributed by atoms with Crippen molar-refractivity contribution in [1.29, 1.82) is 0 Å². The summed E-state index contributed by atoms with van der Waals surface area (Å²) in [6.45, 7) is 8.17. The van der Waals surface area contributed by atoms with E-state index in [9.17, 15) is 14.4 Å². The molecule has 2 aliphatic rings. The summed E-state index contributed by atoms with van der Waals surface area (Å²) in [4.78, 5) is 43.3. The number of carbonyl (C=O) groups is 3. The molecule has 1 atom stereocenters. The molecule has 2 aliphatic heterocycles. The first-order valence-corrected chi connectivity index (χ1v) is 10.2. The molecule has 3 rings (SSSR count). The predicted molar refractivity (Wildman–Crippen MR) is 110 cm³/mol. The van der Waals surface area contributed by atoms with Gasteiger partial charge >= 0.3 is 0 Å². The molecule has 3 amide bonds. The fourth-order valence-corrected chi connectivity index (χ4v) is 4.10. The Morgan fingerprint density at radius 3 is 2.28 bits per heavy atom. The Kier molecular flexibility index (Phi) is 6.08. The van der Waals surface area contributed by atoms with Crippen molar-refractivity contribution in [2.24, 2.45) is 5.92 Å². The van der Waals surface area contributed by atoms with E-state index in [0.29, 0.717) is 49.1 Å². The Morgan fingerprint density at radius 2 is 1.72 bits per heavy atom. The first-order valence-electron chi connectivity index (χ1n) is 9.84. The van der Waals surface area contributed by atoms with E-state index in [4.69, 9.17) is 16.3 Å². The van der Waals surface area contributed by atoms with Gasteiger partial charge in [-0.1, -0.05) is 11.6 Å². The van der Waals surface area contributed by atoms with Gasteiger partial charge in [0.25, 0.3) is 5.91 Å². The minimum atomic E-state index is -0.308. The first kappa shape index (κ1) is 21.4. The number of hydrogen-bond acceptors (Lipinski definition) is 4. The minimum absolute atomic E-state index is 0.00228. The number of nitrogens with zero attached hydrogens (tertiary/aromatic N) is 3. The summed E-state index contributed by atoms with van der Waals surface area (Å²) < 4.78 is 5.28. The molecule has 0 saturated carbocycles. The first-order chi connectivity index (χ1) is 13.6. The highest BCUT2D eigenvalue weighted by molar-refractivity contribution is 6.31. The summed E-state index contributed by atoms with van der Waals surface area (Å²) in [5.41, 5.74) is 0.134. The van der Waals surface area contributed by atoms with E-state index in [-0.39, 0.29) is 35.6 Å². The molecule has 7 nitrogen and oxygen atoms in total. The van der Waals surface area contributed by atoms with Crippen molar-refractivity contribution in [2.75, 3.05) is 39.8 Å². The highest BCUT2D eigenvalue weighted by atomic mass is 35.5. The summed E-state index contributed by atoms with van der Waals surface area (Å²) in [5, 5.41) is 0.470. The van der Waals surface area contributed by atoms with Crippen molar-refractivity contribution in [3.63, 3.8) is 0 Å². The van der Waals surface area contributed by atoms with Crippen LogP contribution < -0.4 is 4.74 Å². The second-order valence-corrected chi connectivity index (χ2v) is 8.97. The van der Waals surface area contributed by atoms with Crippen LogP contribution in [0.2, 0.25) is 5.02 Å². The van der Waals surface area contributed by atoms with Gasteiger partial charge in [0.05, 0.1) is 18.6 Å². The van der Waals surface area contributed by atoms with Gasteiger partial charge in [0.15, 0.2) is 0 Å². The molecule has 2 fully saturated rings. The maximum atomic E-state index is 12.9. The third kappa shape index (κ3) is 4.50. The molecule has 2 saturated heterocycles. The Balaban J connectivity index is 1.61. The van der Waals surface area contributed by atoms with Gasteiger partial charge in [-0.25, -0.2) is 0 Å². The number of carbonyl (C=O) groups excluding carboxylic acids is 3. The number of amides is 3. The van der Waals surface area contributed by atoms with E-state index in [1.807, 2.05) is 20.8 Å². The molecule has 0 radical (unpaired) electrons. The molecule has 8 heteroatoms. The number of piperazine rings is 1. The Labute approximate surface area is 176 Å². The molecule has 1 aromatic carbocycles. The van der Waals surface area contributed by atoms with Crippen LogP contribution in [0.4, 0.5) is 0 Å². The van der Waals surface area contributed by atoms with Crippen LogP contribution in [0.1, 0.15) is 37.6 Å². The fourth-order valence-electron chi connectivity index (χ4n) is 3.93. The molecule has 29 heavy (non-hydrogen) atoms. The summed E-state index contributed by atoms with van der Waals surface area (Å²) in [5.74, 6) is 0.0308. The largest absolute Gasteiger partial charge is 0.496 e. The molecule has 0 N–H and O–H groups in total. The van der Waals surface area contributed by atoms with Crippen molar-refractivity contribution in [3.05, 3.63) is 28.8 Å². The van der Waals surface area contributed by atoms with Gasteiger partial charge in [-0.2, -0.15) is 0 Å². The quantitative estimate of drug-likeness (QED) is 0.750. The SMILES string of the molecule is COc1ccc(Cl)cc1C(=O)N1CCN(C(=O)C2CC(=O)N(C(C)(C)C)C2)CC1. The van der Waals surface area contributed by atoms with Crippen LogP contribution >= 0.6 is 11.6 Å². The van der Waals surface area contributed by atoms with Gasteiger partial charge in [-0.3, -0.25) is 14.4 Å². The van der Waals surface area contributed by atoms with Crippen molar-refractivity contribution in [1.82, 2.24) is 14.7 Å². The van der Waals surface area contributed by atoms with Gasteiger partial charge in [0.2, 0.25) is 11.8 Å². The van der Waals surface area contributed by atoms with Crippen LogP contribution in [0, 0.1) is 5.92 Å². The van der Waals surface area contributed by atoms with Crippen molar-refractivity contribution < 1.29 is 19.1 Å². The highest BCUT2D eigenvalue weighted by Crippen LogP contribution is 2.28. The number of likely N-dealkylation sites (tertiary alicyclic amines) is 1. The Bertz CT molecular complexity index is 813. The summed E-state index contributed by atoms with van der Waals surface area (Å²) in [6.07, 6.45) is 0.259. The van der Waals surface area contributed by atoms with Gasteiger partial charge in [0.1, 0.15) is 5.75 Å². The fraction of sp³-hybridized carbons (Fsp3) is 0.571. The molecular weight excluding hydrogens is 394 g/mol. The molecule has 158 valence electrons. The Morgan fingerprint density at radius 1 is 1.10 bits per heavy atom. The lowest BCUT2D eigenvalue weighted by Gasteiger charge is -2.36. The van der Waals surface area contributed by atoms with Crippen LogP contribution in [-0.4, -0.2) is 77.8 Å². The average molecular weight is 422 g/mol. The van der Waals surface area contributed by atoms with E-state index in [1.165, 1.54) is 7.11 Å². The smallest absolute Gasteiger partial charge is 0.257 e. The predicted octanol–water partition coefficient (Wildman–Crippen LogP) is 2.28. The third-order valence-electron chi connectivity index (χ3n) is 5.55. The second kappa shape index (κ2) is 8.22. The normalized spacial score (nSPS) is 20.2. The van der Waals surface area contributed by atoms with E-state index >= 15 is 0 Å². The maximum Gasteiger partial charge on any atom is 0.257 e. The van der Waals surface area contributed by atoms with Gasteiger partial charge < -0.3 is 19.4 Å². The molecule has 0 aromatic heterocycles. The van der Waals surface area contributed by atoms with Crippen molar-refractivity contribution >= 4 is 29.3 Å². The van der Waals surface area contributed by atoms with Gasteiger partial charge in [0, 0.05) is 49.7 Å². The second-order valence-electron chi connectivity index (χ2n) is 8.54. The molecule has 0 bridgehead atoms. The minimum Gasteiger partial charge on any atom is -0.496 e. The number of halogens is 1. The molecule has 1 aromatic rings. The monoisotopic (exact) mass is 421 g/mol. The van der Waals surface area contributed by atoms with E-state index in [2.05, 4.69) is 0 Å². The van der Waals surface area contributed by atoms with E-state index in [0.717, 1.165) is 0 Å². The van der Waals surface area contributed by atoms with Crippen molar-refractivity contribution in [2.45, 2.75) is 32.7 Å². The number of hydrogen-bond donors (Lipinski definition) is 0. The zero-order valence-electron chi connectivity index (χ0n) is 17.4. The average Bonchev–Trinajstić information content (AvgIpc) is 3.09. The van der Waals surface area contributed by atoms with Crippen LogP contribution in [0.15, 0.2) is 18.2 Å². The van der Waals surface area contributed by atoms with Crippen LogP contribution in [0.3, 0.4) is 0 Å². The van der Waals surface area contributed by atoms with E-state index in [1.54, 1.807) is 32.9 Å². The summed E-state index contributed by atoms with van der Waals surface area (Å²) in [7, 11) is 1.51. The summed E-state index contributed by atoms with van der Waals surface area (Å²) in [6, 6.07) is 4.95. The number of rotatable bonds is 3. The van der Waals surface area contributed by atoms with E-state index < -0.39 is 0 Å². The lowest BCUT2D eigenvalue weighted by Crippen LogP contribution is -2.52. The Hall–Kier alpha value is -2.28.